The molecule has 0 aromatic heterocycles. The van der Waals surface area contributed by atoms with Gasteiger partial charge in [-0.2, -0.15) is 0 Å². The number of Topliss-reactive ketones (excluding diaryl/α,β-unsaturated/α-hetero) is 1. The number of ketones is 1. The van der Waals surface area contributed by atoms with Gasteiger partial charge in [0.25, 0.3) is 0 Å². The fraction of sp³-hybridized carbons (Fsp3) is 0.909. The Morgan fingerprint density at radius 1 is 1.31 bits per heavy atom. The van der Waals surface area contributed by atoms with E-state index in [0.29, 0.717) is 11.8 Å². The molecule has 0 saturated carbocycles. The Bertz CT molecular complexity index is 205. The van der Waals surface area contributed by atoms with Gasteiger partial charge in [0.05, 0.1) is 0 Å². The van der Waals surface area contributed by atoms with Gasteiger partial charge in [-0.3, -0.25) is 9.69 Å². The third kappa shape index (κ3) is 2.11. The average molecular weight is 183 g/mol. The van der Waals surface area contributed by atoms with E-state index >= 15 is 0 Å². The molecule has 1 fully saturated rings. The first-order valence-electron chi connectivity index (χ1n) is 5.13. The number of carbonyl (C=O) groups excluding carboxylic acids is 1. The lowest BCUT2D eigenvalue weighted by molar-refractivity contribution is -0.129. The standard InChI is InChI=1S/C11H21NO/c1-8-9(2)12(11(3,4)5)7-6-10(8)13/h8-9H,6-7H2,1-5H3/t8-,9-/m1/s1. The molecular weight excluding hydrogens is 162 g/mol. The van der Waals surface area contributed by atoms with Gasteiger partial charge in [-0.1, -0.05) is 6.92 Å². The maximum absolute atomic E-state index is 11.5. The fourth-order valence-corrected chi connectivity index (χ4v) is 2.15. The quantitative estimate of drug-likeness (QED) is 0.573. The summed E-state index contributed by atoms with van der Waals surface area (Å²) in [5, 5.41) is 0. The maximum Gasteiger partial charge on any atom is 0.138 e. The average Bonchev–Trinajstić information content (AvgIpc) is 1.98. The zero-order valence-electron chi connectivity index (χ0n) is 9.42. The van der Waals surface area contributed by atoms with E-state index in [1.165, 1.54) is 0 Å². The molecule has 2 heteroatoms. The molecule has 0 radical (unpaired) electrons. The van der Waals surface area contributed by atoms with Crippen LogP contribution in [0.4, 0.5) is 0 Å². The van der Waals surface area contributed by atoms with Gasteiger partial charge in [0.1, 0.15) is 5.78 Å². The van der Waals surface area contributed by atoms with Crippen molar-refractivity contribution < 1.29 is 4.79 Å². The van der Waals surface area contributed by atoms with E-state index in [-0.39, 0.29) is 11.5 Å². The first-order chi connectivity index (χ1) is 5.84. The Labute approximate surface area is 81.3 Å². The van der Waals surface area contributed by atoms with E-state index < -0.39 is 0 Å². The van der Waals surface area contributed by atoms with Crippen molar-refractivity contribution in [3.63, 3.8) is 0 Å². The predicted molar refractivity (Wildman–Crippen MR) is 54.7 cm³/mol. The lowest BCUT2D eigenvalue weighted by atomic mass is 9.87. The van der Waals surface area contributed by atoms with Crippen LogP contribution in [0.1, 0.15) is 41.0 Å². The Balaban J connectivity index is 2.75. The Morgan fingerprint density at radius 2 is 1.85 bits per heavy atom. The van der Waals surface area contributed by atoms with E-state index in [4.69, 9.17) is 0 Å². The van der Waals surface area contributed by atoms with Gasteiger partial charge in [-0.05, 0) is 27.7 Å². The molecule has 0 N–H and O–H groups in total. The lowest BCUT2D eigenvalue weighted by Crippen LogP contribution is -2.54. The van der Waals surface area contributed by atoms with Crippen molar-refractivity contribution in [1.29, 1.82) is 0 Å². The van der Waals surface area contributed by atoms with Crippen LogP contribution in [0, 0.1) is 5.92 Å². The van der Waals surface area contributed by atoms with E-state index in [9.17, 15) is 4.79 Å². The van der Waals surface area contributed by atoms with Crippen LogP contribution in [0.5, 0.6) is 0 Å². The highest BCUT2D eigenvalue weighted by atomic mass is 16.1. The van der Waals surface area contributed by atoms with Crippen LogP contribution in [0.25, 0.3) is 0 Å². The number of piperidine rings is 1. The zero-order valence-corrected chi connectivity index (χ0v) is 9.42. The summed E-state index contributed by atoms with van der Waals surface area (Å²) in [6, 6.07) is 0.390. The summed E-state index contributed by atoms with van der Waals surface area (Å²) in [5.41, 5.74) is 0.189. The molecule has 0 spiro atoms. The third-order valence-corrected chi connectivity index (χ3v) is 3.18. The second-order valence-electron chi connectivity index (χ2n) is 5.11. The Morgan fingerprint density at radius 3 is 2.31 bits per heavy atom. The van der Waals surface area contributed by atoms with E-state index in [1.54, 1.807) is 0 Å². The van der Waals surface area contributed by atoms with Gasteiger partial charge in [0.2, 0.25) is 0 Å². The second kappa shape index (κ2) is 3.41. The lowest BCUT2D eigenvalue weighted by Gasteiger charge is -2.45. The van der Waals surface area contributed by atoms with Gasteiger partial charge < -0.3 is 0 Å². The normalized spacial score (nSPS) is 32.2. The van der Waals surface area contributed by atoms with E-state index in [0.717, 1.165) is 13.0 Å². The summed E-state index contributed by atoms with van der Waals surface area (Å²) < 4.78 is 0. The summed E-state index contributed by atoms with van der Waals surface area (Å²) in [4.78, 5) is 13.9. The van der Waals surface area contributed by atoms with Crippen molar-refractivity contribution in [1.82, 2.24) is 4.90 Å². The highest BCUT2D eigenvalue weighted by Gasteiger charge is 2.36. The van der Waals surface area contributed by atoms with Crippen LogP contribution in [0.15, 0.2) is 0 Å². The highest BCUT2D eigenvalue weighted by Crippen LogP contribution is 2.27. The van der Waals surface area contributed by atoms with Crippen LogP contribution >= 0.6 is 0 Å². The number of likely N-dealkylation sites (tertiary alicyclic amines) is 1. The van der Waals surface area contributed by atoms with E-state index in [1.807, 2.05) is 6.92 Å². The third-order valence-electron chi connectivity index (χ3n) is 3.18. The van der Waals surface area contributed by atoms with Crippen LogP contribution in [0.2, 0.25) is 0 Å². The van der Waals surface area contributed by atoms with Crippen molar-refractivity contribution >= 4 is 5.78 Å². The van der Waals surface area contributed by atoms with Crippen molar-refractivity contribution in [2.24, 2.45) is 5.92 Å². The molecule has 0 aliphatic carbocycles. The van der Waals surface area contributed by atoms with Crippen LogP contribution in [-0.4, -0.2) is 28.8 Å². The van der Waals surface area contributed by atoms with Crippen molar-refractivity contribution in [3.05, 3.63) is 0 Å². The SMILES string of the molecule is C[C@@H]1[C@@H](C)C(=O)CCN1C(C)(C)C. The van der Waals surface area contributed by atoms with Gasteiger partial charge in [-0.25, -0.2) is 0 Å². The van der Waals surface area contributed by atoms with Gasteiger partial charge in [0.15, 0.2) is 0 Å². The molecule has 1 aliphatic heterocycles. The molecule has 13 heavy (non-hydrogen) atoms. The number of nitrogens with zero attached hydrogens (tertiary/aromatic N) is 1. The fourth-order valence-electron chi connectivity index (χ4n) is 2.15. The predicted octanol–water partition coefficient (Wildman–Crippen LogP) is 2.08. The smallest absolute Gasteiger partial charge is 0.138 e. The van der Waals surface area contributed by atoms with Crippen LogP contribution < -0.4 is 0 Å². The molecule has 0 amide bonds. The molecule has 1 heterocycles. The summed E-state index contributed by atoms with van der Waals surface area (Å²) >= 11 is 0. The molecular formula is C11H21NO. The monoisotopic (exact) mass is 183 g/mol. The van der Waals surface area contributed by atoms with Crippen LogP contribution in [0.3, 0.4) is 0 Å². The Hall–Kier alpha value is -0.370. The van der Waals surface area contributed by atoms with Gasteiger partial charge in [0, 0.05) is 30.5 Å². The second-order valence-corrected chi connectivity index (χ2v) is 5.11. The number of hydrogen-bond donors (Lipinski definition) is 0. The minimum Gasteiger partial charge on any atom is -0.299 e. The molecule has 2 atom stereocenters. The van der Waals surface area contributed by atoms with Crippen molar-refractivity contribution in [2.45, 2.75) is 52.6 Å². The summed E-state index contributed by atoms with van der Waals surface area (Å²) in [6.07, 6.45) is 0.725. The largest absolute Gasteiger partial charge is 0.299 e. The Kier molecular flexibility index (Phi) is 2.81. The minimum absolute atomic E-state index is 0.189. The number of carbonyl (C=O) groups is 1. The molecule has 1 rings (SSSR count). The highest BCUT2D eigenvalue weighted by molar-refractivity contribution is 5.82. The molecule has 0 aromatic rings. The molecule has 0 bridgehead atoms. The first kappa shape index (κ1) is 10.7. The number of rotatable bonds is 0. The van der Waals surface area contributed by atoms with Gasteiger partial charge in [-0.15, -0.1) is 0 Å². The van der Waals surface area contributed by atoms with Gasteiger partial charge >= 0.3 is 0 Å². The molecule has 76 valence electrons. The summed E-state index contributed by atoms with van der Waals surface area (Å²) in [7, 11) is 0. The topological polar surface area (TPSA) is 20.3 Å². The number of hydrogen-bond acceptors (Lipinski definition) is 2. The summed E-state index contributed by atoms with van der Waals surface area (Å²) in [6.45, 7) is 11.8. The summed E-state index contributed by atoms with van der Waals surface area (Å²) in [5.74, 6) is 0.626. The van der Waals surface area contributed by atoms with Crippen LogP contribution in [-0.2, 0) is 4.79 Å². The van der Waals surface area contributed by atoms with Crippen molar-refractivity contribution in [3.8, 4) is 0 Å². The molecule has 2 nitrogen and oxygen atoms in total. The van der Waals surface area contributed by atoms with E-state index in [2.05, 4.69) is 32.6 Å². The molecule has 1 saturated heterocycles. The maximum atomic E-state index is 11.5. The minimum atomic E-state index is 0.189. The molecule has 0 aromatic carbocycles. The molecule has 1 aliphatic rings. The zero-order chi connectivity index (χ0) is 10.2. The first-order valence-corrected chi connectivity index (χ1v) is 5.13. The molecule has 0 unspecified atom stereocenters. The van der Waals surface area contributed by atoms with Crippen molar-refractivity contribution in [2.75, 3.05) is 6.54 Å².